The predicted octanol–water partition coefficient (Wildman–Crippen LogP) is 1.07. The van der Waals surface area contributed by atoms with E-state index in [-0.39, 0.29) is 23.4 Å². The number of carbonyl (C=O) groups excluding carboxylic acids is 1. The van der Waals surface area contributed by atoms with Crippen molar-refractivity contribution in [3.8, 4) is 0 Å². The maximum Gasteiger partial charge on any atom is 0.243 e. The minimum Gasteiger partial charge on any atom is -0.355 e. The zero-order valence-electron chi connectivity index (χ0n) is 13.5. The number of amides is 1. The van der Waals surface area contributed by atoms with E-state index in [0.29, 0.717) is 13.0 Å². The van der Waals surface area contributed by atoms with E-state index in [1.54, 1.807) is 25.1 Å². The summed E-state index contributed by atoms with van der Waals surface area (Å²) in [5.41, 5.74) is 5.93. The Labute approximate surface area is 141 Å². The molecule has 7 heteroatoms. The molecule has 0 bridgehead atoms. The van der Waals surface area contributed by atoms with Gasteiger partial charge in [-0.1, -0.05) is 30.3 Å². The largest absolute Gasteiger partial charge is 0.355 e. The van der Waals surface area contributed by atoms with Crippen LogP contribution < -0.4 is 11.1 Å². The molecule has 0 aliphatic carbocycles. The quantitative estimate of drug-likeness (QED) is 0.865. The molecule has 1 fully saturated rings. The van der Waals surface area contributed by atoms with Gasteiger partial charge in [0.1, 0.15) is 6.04 Å². The van der Waals surface area contributed by atoms with Crippen molar-refractivity contribution >= 4 is 26.7 Å². The van der Waals surface area contributed by atoms with Crippen molar-refractivity contribution in [2.45, 2.75) is 30.3 Å². The SMILES string of the molecule is CCNC(=O)C1CC(N)CN1S(=O)(=O)c1ccc2ccccc2c1. The van der Waals surface area contributed by atoms with Crippen LogP contribution in [-0.2, 0) is 14.8 Å². The molecule has 6 nitrogen and oxygen atoms in total. The number of rotatable bonds is 4. The summed E-state index contributed by atoms with van der Waals surface area (Å²) < 4.78 is 27.3. The summed E-state index contributed by atoms with van der Waals surface area (Å²) >= 11 is 0. The first-order valence-electron chi connectivity index (χ1n) is 7.97. The average molecular weight is 347 g/mol. The number of likely N-dealkylation sites (N-methyl/N-ethyl adjacent to an activating group) is 1. The standard InChI is InChI=1S/C17H21N3O3S/c1-2-19-17(21)16-10-14(18)11-20(16)24(22,23)15-8-7-12-5-3-4-6-13(12)9-15/h3-9,14,16H,2,10-11,18H2,1H3,(H,19,21). The van der Waals surface area contributed by atoms with Gasteiger partial charge in [-0.3, -0.25) is 4.79 Å². The molecule has 2 aromatic carbocycles. The third-order valence-electron chi connectivity index (χ3n) is 4.27. The molecule has 1 amide bonds. The van der Waals surface area contributed by atoms with Gasteiger partial charge in [-0.25, -0.2) is 8.42 Å². The molecule has 1 heterocycles. The molecule has 0 spiro atoms. The second-order valence-electron chi connectivity index (χ2n) is 5.99. The summed E-state index contributed by atoms with van der Waals surface area (Å²) in [6, 6.07) is 11.5. The van der Waals surface area contributed by atoms with E-state index < -0.39 is 16.1 Å². The predicted molar refractivity (Wildman–Crippen MR) is 92.9 cm³/mol. The molecule has 1 saturated heterocycles. The number of nitrogens with one attached hydrogen (secondary N) is 1. The van der Waals surface area contributed by atoms with Crippen molar-refractivity contribution in [1.82, 2.24) is 9.62 Å². The van der Waals surface area contributed by atoms with Crippen molar-refractivity contribution in [2.75, 3.05) is 13.1 Å². The lowest BCUT2D eigenvalue weighted by molar-refractivity contribution is -0.124. The zero-order chi connectivity index (χ0) is 17.3. The van der Waals surface area contributed by atoms with Gasteiger partial charge in [0.25, 0.3) is 0 Å². The van der Waals surface area contributed by atoms with Gasteiger partial charge in [0, 0.05) is 19.1 Å². The highest BCUT2D eigenvalue weighted by Crippen LogP contribution is 2.28. The highest BCUT2D eigenvalue weighted by Gasteiger charge is 2.42. The number of hydrogen-bond acceptors (Lipinski definition) is 4. The van der Waals surface area contributed by atoms with E-state index in [0.717, 1.165) is 10.8 Å². The van der Waals surface area contributed by atoms with Crippen molar-refractivity contribution < 1.29 is 13.2 Å². The molecule has 128 valence electrons. The molecule has 2 atom stereocenters. The molecular formula is C17H21N3O3S. The van der Waals surface area contributed by atoms with E-state index in [1.165, 1.54) is 4.31 Å². The number of benzene rings is 2. The van der Waals surface area contributed by atoms with E-state index in [1.807, 2.05) is 24.3 Å². The highest BCUT2D eigenvalue weighted by atomic mass is 32.2. The van der Waals surface area contributed by atoms with Gasteiger partial charge in [0.05, 0.1) is 4.90 Å². The van der Waals surface area contributed by atoms with Crippen LogP contribution in [0.1, 0.15) is 13.3 Å². The number of nitrogens with zero attached hydrogens (tertiary/aromatic N) is 1. The van der Waals surface area contributed by atoms with Gasteiger partial charge >= 0.3 is 0 Å². The Morgan fingerprint density at radius 3 is 2.67 bits per heavy atom. The molecule has 2 unspecified atom stereocenters. The fourth-order valence-corrected chi connectivity index (χ4v) is 4.79. The normalized spacial score (nSPS) is 21.9. The topological polar surface area (TPSA) is 92.5 Å². The maximum absolute atomic E-state index is 13.0. The summed E-state index contributed by atoms with van der Waals surface area (Å²) in [6.07, 6.45) is 0.332. The summed E-state index contributed by atoms with van der Waals surface area (Å²) in [4.78, 5) is 12.4. The number of fused-ring (bicyclic) bond motifs is 1. The fraction of sp³-hybridized carbons (Fsp3) is 0.353. The molecular weight excluding hydrogens is 326 g/mol. The Morgan fingerprint density at radius 1 is 1.25 bits per heavy atom. The zero-order valence-corrected chi connectivity index (χ0v) is 14.3. The Kier molecular flexibility index (Phi) is 4.58. The molecule has 1 aliphatic heterocycles. The lowest BCUT2D eigenvalue weighted by Gasteiger charge is -2.23. The Balaban J connectivity index is 1.99. The minimum absolute atomic E-state index is 0.150. The average Bonchev–Trinajstić information content (AvgIpc) is 2.97. The second kappa shape index (κ2) is 6.51. The van der Waals surface area contributed by atoms with Crippen LogP contribution >= 0.6 is 0 Å². The summed E-state index contributed by atoms with van der Waals surface area (Å²) in [6.45, 7) is 2.40. The number of carbonyl (C=O) groups is 1. The monoisotopic (exact) mass is 347 g/mol. The third-order valence-corrected chi connectivity index (χ3v) is 6.14. The van der Waals surface area contributed by atoms with Crippen LogP contribution in [-0.4, -0.2) is 43.8 Å². The molecule has 0 radical (unpaired) electrons. The van der Waals surface area contributed by atoms with E-state index >= 15 is 0 Å². The van der Waals surface area contributed by atoms with Crippen LogP contribution in [0.4, 0.5) is 0 Å². The molecule has 3 N–H and O–H groups in total. The van der Waals surface area contributed by atoms with Crippen molar-refractivity contribution in [3.05, 3.63) is 42.5 Å². The first-order valence-corrected chi connectivity index (χ1v) is 9.41. The molecule has 2 aromatic rings. The molecule has 1 aliphatic rings. The second-order valence-corrected chi connectivity index (χ2v) is 7.88. The lowest BCUT2D eigenvalue weighted by Crippen LogP contribution is -2.45. The summed E-state index contributed by atoms with van der Waals surface area (Å²) in [5.74, 6) is -0.296. The van der Waals surface area contributed by atoms with Gasteiger partial charge in [-0.15, -0.1) is 0 Å². The minimum atomic E-state index is -3.78. The molecule has 3 rings (SSSR count). The van der Waals surface area contributed by atoms with Gasteiger partial charge in [-0.2, -0.15) is 4.31 Å². The Morgan fingerprint density at radius 2 is 1.96 bits per heavy atom. The number of hydrogen-bond donors (Lipinski definition) is 2. The van der Waals surface area contributed by atoms with Gasteiger partial charge in [0.15, 0.2) is 0 Å². The molecule has 0 aromatic heterocycles. The van der Waals surface area contributed by atoms with Crippen LogP contribution in [0.3, 0.4) is 0 Å². The highest BCUT2D eigenvalue weighted by molar-refractivity contribution is 7.89. The first kappa shape index (κ1) is 16.9. The fourth-order valence-electron chi connectivity index (χ4n) is 3.10. The molecule has 0 saturated carbocycles. The van der Waals surface area contributed by atoms with Crippen LogP contribution in [0.5, 0.6) is 0 Å². The summed E-state index contributed by atoms with van der Waals surface area (Å²) in [7, 11) is -3.78. The third kappa shape index (κ3) is 3.02. The Hall–Kier alpha value is -1.96. The Bertz CT molecular complexity index is 866. The maximum atomic E-state index is 13.0. The smallest absolute Gasteiger partial charge is 0.243 e. The van der Waals surface area contributed by atoms with Crippen molar-refractivity contribution in [1.29, 1.82) is 0 Å². The van der Waals surface area contributed by atoms with Crippen LogP contribution in [0.15, 0.2) is 47.4 Å². The number of nitrogens with two attached hydrogens (primary N) is 1. The van der Waals surface area contributed by atoms with Crippen LogP contribution in [0.25, 0.3) is 10.8 Å². The van der Waals surface area contributed by atoms with Gasteiger partial charge in [0.2, 0.25) is 15.9 Å². The van der Waals surface area contributed by atoms with Gasteiger partial charge in [-0.05, 0) is 36.2 Å². The summed E-state index contributed by atoms with van der Waals surface area (Å²) in [5, 5.41) is 4.50. The molecule has 24 heavy (non-hydrogen) atoms. The van der Waals surface area contributed by atoms with Crippen LogP contribution in [0, 0.1) is 0 Å². The van der Waals surface area contributed by atoms with Crippen molar-refractivity contribution in [3.63, 3.8) is 0 Å². The van der Waals surface area contributed by atoms with Crippen LogP contribution in [0.2, 0.25) is 0 Å². The first-order chi connectivity index (χ1) is 11.4. The van der Waals surface area contributed by atoms with E-state index in [9.17, 15) is 13.2 Å². The number of sulfonamides is 1. The lowest BCUT2D eigenvalue weighted by atomic mass is 10.1. The van der Waals surface area contributed by atoms with Crippen molar-refractivity contribution in [2.24, 2.45) is 5.73 Å². The van der Waals surface area contributed by atoms with Gasteiger partial charge < -0.3 is 11.1 Å². The van der Waals surface area contributed by atoms with E-state index in [2.05, 4.69) is 5.32 Å². The van der Waals surface area contributed by atoms with E-state index in [4.69, 9.17) is 5.73 Å².